The van der Waals surface area contributed by atoms with Crippen molar-refractivity contribution < 1.29 is 19.5 Å². The van der Waals surface area contributed by atoms with E-state index in [0.717, 1.165) is 4.57 Å². The summed E-state index contributed by atoms with van der Waals surface area (Å²) in [6.45, 7) is 1.78. The highest BCUT2D eigenvalue weighted by Crippen LogP contribution is 2.24. The van der Waals surface area contributed by atoms with Gasteiger partial charge < -0.3 is 5.11 Å². The van der Waals surface area contributed by atoms with E-state index in [1.165, 1.54) is 4.52 Å². The van der Waals surface area contributed by atoms with E-state index >= 15 is 0 Å². The quantitative estimate of drug-likeness (QED) is 0.296. The van der Waals surface area contributed by atoms with Gasteiger partial charge in [0, 0.05) is 6.07 Å². The summed E-state index contributed by atoms with van der Waals surface area (Å²) in [7, 11) is 0. The average molecular weight is 484 g/mol. The summed E-state index contributed by atoms with van der Waals surface area (Å²) >= 11 is 0. The molecule has 3 aromatic heterocycles. The van der Waals surface area contributed by atoms with Crippen LogP contribution in [0.5, 0.6) is 0 Å². The number of fused-ring (bicyclic) bond motifs is 3. The van der Waals surface area contributed by atoms with E-state index in [9.17, 15) is 19.5 Å². The molecule has 0 unspecified atom stereocenters. The van der Waals surface area contributed by atoms with Gasteiger partial charge in [0.2, 0.25) is 5.65 Å². The Morgan fingerprint density at radius 1 is 0.944 bits per heavy atom. The highest BCUT2D eigenvalue weighted by Gasteiger charge is 2.52. The third-order valence-electron chi connectivity index (χ3n) is 5.68. The molecule has 6 rings (SSSR count). The van der Waals surface area contributed by atoms with E-state index in [1.54, 1.807) is 41.9 Å². The van der Waals surface area contributed by atoms with Crippen molar-refractivity contribution in [3.8, 4) is 5.69 Å². The highest BCUT2D eigenvalue weighted by molar-refractivity contribution is 6.20. The van der Waals surface area contributed by atoms with Crippen LogP contribution in [0, 0.1) is 6.92 Å². The number of urea groups is 1. The molecule has 14 nitrogen and oxygen atoms in total. The van der Waals surface area contributed by atoms with Gasteiger partial charge in [-0.1, -0.05) is 30.3 Å². The van der Waals surface area contributed by atoms with Crippen LogP contribution in [0.1, 0.15) is 5.69 Å². The summed E-state index contributed by atoms with van der Waals surface area (Å²) in [6, 6.07) is 16.4. The summed E-state index contributed by atoms with van der Waals surface area (Å²) < 4.78 is 3.93. The summed E-state index contributed by atoms with van der Waals surface area (Å²) in [5.74, 6) is -2.20. The molecular weight excluding hydrogens is 468 g/mol. The smallest absolute Gasteiger partial charge is 0.328 e. The van der Waals surface area contributed by atoms with Crippen LogP contribution in [0.3, 0.4) is 0 Å². The van der Waals surface area contributed by atoms with Crippen molar-refractivity contribution in [3.63, 3.8) is 0 Å². The first-order chi connectivity index (χ1) is 17.4. The minimum atomic E-state index is -2.90. The molecule has 0 aliphatic carbocycles. The van der Waals surface area contributed by atoms with Gasteiger partial charge in [-0.25, -0.2) is 14.5 Å². The summed E-state index contributed by atoms with van der Waals surface area (Å²) in [4.78, 5) is 42.4. The topological polar surface area (TPSA) is 174 Å². The zero-order valence-electron chi connectivity index (χ0n) is 18.5. The number of carbonyl (C=O) groups is 3. The monoisotopic (exact) mass is 484 g/mol. The molecule has 1 aliphatic rings. The molecule has 178 valence electrons. The number of imide groups is 2. The van der Waals surface area contributed by atoms with Gasteiger partial charge in [0.1, 0.15) is 0 Å². The van der Waals surface area contributed by atoms with Gasteiger partial charge in [0.25, 0.3) is 11.8 Å². The number of hydrogen-bond acceptors (Lipinski definition) is 9. The minimum absolute atomic E-state index is 0.0399. The molecule has 1 aliphatic heterocycles. The molecule has 0 bridgehead atoms. The standard InChI is InChI=1S/C22H16N10O4/c1-12-11-16(31(27-12)13-7-3-2-4-8-13)23-17-18-26-28-29-32(18)15-10-6-5-9-14(15)30(17)22(36)19(33)24-21(35)25-20(22)34/h2-11,36H,1H3,(H2,24,25,33,34,35)/b23-17-. The van der Waals surface area contributed by atoms with Gasteiger partial charge in [0.05, 0.1) is 22.4 Å². The van der Waals surface area contributed by atoms with Gasteiger partial charge in [-0.2, -0.15) is 9.61 Å². The number of aryl methyl sites for hydroxylation is 1. The number of nitrogens with zero attached hydrogens (tertiary/aromatic N) is 8. The van der Waals surface area contributed by atoms with Crippen LogP contribution in [0.4, 0.5) is 10.6 Å². The fraction of sp³-hybridized carbons (Fsp3) is 0.0909. The Balaban J connectivity index is 1.77. The van der Waals surface area contributed by atoms with Crippen LogP contribution in [-0.4, -0.2) is 57.3 Å². The predicted molar refractivity (Wildman–Crippen MR) is 122 cm³/mol. The lowest BCUT2D eigenvalue weighted by atomic mass is 10.1. The number of para-hydroxylation sites is 3. The first kappa shape index (κ1) is 21.3. The second-order valence-corrected chi connectivity index (χ2v) is 7.97. The fourth-order valence-electron chi connectivity index (χ4n) is 4.11. The number of rotatable bonds is 3. The first-order valence-corrected chi connectivity index (χ1v) is 10.7. The number of tetrazole rings is 1. The third-order valence-corrected chi connectivity index (χ3v) is 5.68. The second kappa shape index (κ2) is 7.64. The molecule has 1 saturated heterocycles. The Kier molecular flexibility index (Phi) is 4.52. The van der Waals surface area contributed by atoms with Gasteiger partial charge in [0.15, 0.2) is 11.3 Å². The molecule has 2 aromatic carbocycles. The maximum atomic E-state index is 13.0. The van der Waals surface area contributed by atoms with Crippen LogP contribution in [-0.2, 0) is 15.3 Å². The molecule has 4 amide bonds. The molecule has 1 fully saturated rings. The maximum Gasteiger partial charge on any atom is 0.328 e. The van der Waals surface area contributed by atoms with E-state index in [4.69, 9.17) is 4.99 Å². The number of aliphatic hydroxyl groups is 1. The van der Waals surface area contributed by atoms with Crippen LogP contribution in [0.15, 0.2) is 65.7 Å². The second-order valence-electron chi connectivity index (χ2n) is 7.97. The molecule has 36 heavy (non-hydrogen) atoms. The lowest BCUT2D eigenvalue weighted by molar-refractivity contribution is -0.165. The van der Waals surface area contributed by atoms with Crippen molar-refractivity contribution in [1.82, 2.24) is 45.0 Å². The molecule has 0 atom stereocenters. The highest BCUT2D eigenvalue weighted by atomic mass is 16.3. The fourth-order valence-corrected chi connectivity index (χ4v) is 4.11. The Labute approximate surface area is 200 Å². The normalized spacial score (nSPS) is 15.9. The molecule has 0 saturated carbocycles. The number of nitrogens with one attached hydrogen (secondary N) is 2. The number of aromatic nitrogens is 7. The van der Waals surface area contributed by atoms with Crippen LogP contribution < -0.4 is 16.1 Å². The number of barbiturate groups is 1. The molecule has 5 aromatic rings. The lowest BCUT2D eigenvalue weighted by Gasteiger charge is -2.32. The van der Waals surface area contributed by atoms with E-state index < -0.39 is 23.6 Å². The SMILES string of the molecule is Cc1cc(/N=c2/c3nnnn3c3ccccc3n2C2(O)C(=O)NC(=O)NC2=O)n(-c2ccccc2)n1. The zero-order valence-corrected chi connectivity index (χ0v) is 18.5. The van der Waals surface area contributed by atoms with Crippen molar-refractivity contribution in [2.24, 2.45) is 4.99 Å². The molecule has 0 radical (unpaired) electrons. The Hall–Kier alpha value is -5.24. The zero-order chi connectivity index (χ0) is 25.0. The Morgan fingerprint density at radius 2 is 1.61 bits per heavy atom. The number of amides is 4. The third kappa shape index (κ3) is 3.01. The van der Waals surface area contributed by atoms with Crippen molar-refractivity contribution >= 4 is 40.3 Å². The van der Waals surface area contributed by atoms with Crippen LogP contribution >= 0.6 is 0 Å². The number of benzene rings is 2. The molecule has 0 spiro atoms. The molecule has 3 N–H and O–H groups in total. The molecular formula is C22H16N10O4. The van der Waals surface area contributed by atoms with E-state index in [2.05, 4.69) is 20.6 Å². The lowest BCUT2D eigenvalue weighted by Crippen LogP contribution is -2.69. The van der Waals surface area contributed by atoms with Gasteiger partial charge in [-0.15, -0.1) is 5.10 Å². The van der Waals surface area contributed by atoms with Crippen molar-refractivity contribution in [2.75, 3.05) is 0 Å². The predicted octanol–water partition coefficient (Wildman–Crippen LogP) is -0.183. The largest absolute Gasteiger partial charge is 0.355 e. The van der Waals surface area contributed by atoms with Crippen molar-refractivity contribution in [3.05, 3.63) is 71.8 Å². The summed E-state index contributed by atoms with van der Waals surface area (Å²) in [5.41, 5.74) is -1.08. The van der Waals surface area contributed by atoms with Gasteiger partial charge in [-0.05, 0) is 41.6 Å². The van der Waals surface area contributed by atoms with E-state index in [0.29, 0.717) is 22.7 Å². The Bertz CT molecular complexity index is 1760. The van der Waals surface area contributed by atoms with Crippen molar-refractivity contribution in [1.29, 1.82) is 0 Å². The van der Waals surface area contributed by atoms with Crippen LogP contribution in [0.25, 0.3) is 22.4 Å². The maximum absolute atomic E-state index is 13.0. The van der Waals surface area contributed by atoms with E-state index in [1.807, 2.05) is 41.0 Å². The Morgan fingerprint density at radius 3 is 2.33 bits per heavy atom. The number of hydrogen-bond donors (Lipinski definition) is 3. The molecule has 14 heteroatoms. The number of carbonyl (C=O) groups excluding carboxylic acids is 3. The summed E-state index contributed by atoms with van der Waals surface area (Å²) in [6.07, 6.45) is 0. The summed E-state index contributed by atoms with van der Waals surface area (Å²) in [5, 5.41) is 31.7. The van der Waals surface area contributed by atoms with Gasteiger partial charge >= 0.3 is 11.8 Å². The van der Waals surface area contributed by atoms with Crippen LogP contribution in [0.2, 0.25) is 0 Å². The van der Waals surface area contributed by atoms with Crippen molar-refractivity contribution in [2.45, 2.75) is 12.6 Å². The molecule has 4 heterocycles. The average Bonchev–Trinajstić information content (AvgIpc) is 3.50. The first-order valence-electron chi connectivity index (χ1n) is 10.7. The van der Waals surface area contributed by atoms with E-state index in [-0.39, 0.29) is 16.7 Å². The minimum Gasteiger partial charge on any atom is -0.355 e. The van der Waals surface area contributed by atoms with Gasteiger partial charge in [-0.3, -0.25) is 24.8 Å².